The summed E-state index contributed by atoms with van der Waals surface area (Å²) >= 11 is 0. The number of amides is 1. The average Bonchev–Trinajstić information content (AvgIpc) is 3.10. The number of non-ortho nitro benzene ring substituents is 1. The predicted octanol–water partition coefficient (Wildman–Crippen LogP) is 2.04. The summed E-state index contributed by atoms with van der Waals surface area (Å²) in [5, 5.41) is 31.0. The highest BCUT2D eigenvalue weighted by Crippen LogP contribution is 2.43. The van der Waals surface area contributed by atoms with Crippen molar-refractivity contribution in [2.24, 2.45) is 0 Å². The monoisotopic (exact) mass is 472 g/mol. The molecular weight excluding hydrogens is 448 g/mol. The Hall–Kier alpha value is -3.96. The van der Waals surface area contributed by atoms with Crippen molar-refractivity contribution in [1.82, 2.24) is 4.90 Å². The summed E-state index contributed by atoms with van der Waals surface area (Å²) < 4.78 is 16.0. The molecule has 1 fully saturated rings. The van der Waals surface area contributed by atoms with Gasteiger partial charge in [-0.15, -0.1) is 0 Å². The molecule has 0 bridgehead atoms. The second-order valence-corrected chi connectivity index (χ2v) is 7.24. The standard InChI is InChI=1S/C23H24N2O9/c1-32-16-7-8-18(33-2)17(13-16)20-19(21(27)14-3-5-15(6-4-14)25(30)31)22(28)23(29)24(20)9-11-34-12-10-26/h3-8,13,20,26-27H,9-12H2,1-2H3/t20-/m0/s1. The van der Waals surface area contributed by atoms with E-state index in [-0.39, 0.29) is 43.2 Å². The molecule has 0 spiro atoms. The van der Waals surface area contributed by atoms with Crippen LogP contribution in [0.4, 0.5) is 5.69 Å². The Bertz CT molecular complexity index is 1110. The van der Waals surface area contributed by atoms with Crippen molar-refractivity contribution < 1.29 is 38.9 Å². The first kappa shape index (κ1) is 24.7. The quantitative estimate of drug-likeness (QED) is 0.132. The third-order valence-electron chi connectivity index (χ3n) is 5.34. The number of nitrogens with zero attached hydrogens (tertiary/aromatic N) is 2. The van der Waals surface area contributed by atoms with E-state index in [1.807, 2.05) is 0 Å². The topological polar surface area (TPSA) is 149 Å². The normalized spacial score (nSPS) is 17.1. The van der Waals surface area contributed by atoms with E-state index in [1.54, 1.807) is 18.2 Å². The van der Waals surface area contributed by atoms with E-state index in [2.05, 4.69) is 0 Å². The van der Waals surface area contributed by atoms with Crippen LogP contribution in [-0.4, -0.2) is 72.3 Å². The molecule has 2 aromatic rings. The Labute approximate surface area is 194 Å². The van der Waals surface area contributed by atoms with E-state index in [0.29, 0.717) is 17.1 Å². The molecule has 11 nitrogen and oxygen atoms in total. The molecule has 0 aromatic heterocycles. The Morgan fingerprint density at radius 2 is 1.79 bits per heavy atom. The summed E-state index contributed by atoms with van der Waals surface area (Å²) in [6.07, 6.45) is 0. The Balaban J connectivity index is 2.16. The number of aliphatic hydroxyl groups excluding tert-OH is 2. The Morgan fingerprint density at radius 3 is 2.38 bits per heavy atom. The third-order valence-corrected chi connectivity index (χ3v) is 5.34. The second-order valence-electron chi connectivity index (χ2n) is 7.24. The molecule has 3 rings (SSSR count). The van der Waals surface area contributed by atoms with Crippen molar-refractivity contribution in [3.8, 4) is 11.5 Å². The first-order valence-corrected chi connectivity index (χ1v) is 10.3. The zero-order valence-electron chi connectivity index (χ0n) is 18.6. The van der Waals surface area contributed by atoms with Gasteiger partial charge in [0.15, 0.2) is 0 Å². The summed E-state index contributed by atoms with van der Waals surface area (Å²) in [5.74, 6) is -1.47. The summed E-state index contributed by atoms with van der Waals surface area (Å²) in [7, 11) is 2.89. The number of aliphatic hydroxyl groups is 2. The maximum Gasteiger partial charge on any atom is 0.295 e. The molecule has 2 N–H and O–H groups in total. The smallest absolute Gasteiger partial charge is 0.295 e. The van der Waals surface area contributed by atoms with Crippen LogP contribution in [0.2, 0.25) is 0 Å². The van der Waals surface area contributed by atoms with Gasteiger partial charge >= 0.3 is 0 Å². The van der Waals surface area contributed by atoms with Crippen molar-refractivity contribution in [3.05, 3.63) is 69.3 Å². The van der Waals surface area contributed by atoms with Gasteiger partial charge < -0.3 is 29.3 Å². The van der Waals surface area contributed by atoms with Gasteiger partial charge in [0, 0.05) is 29.8 Å². The molecule has 2 aromatic carbocycles. The van der Waals surface area contributed by atoms with Crippen molar-refractivity contribution in [2.45, 2.75) is 6.04 Å². The highest BCUT2D eigenvalue weighted by molar-refractivity contribution is 6.46. The number of hydrogen-bond donors (Lipinski definition) is 2. The highest BCUT2D eigenvalue weighted by atomic mass is 16.6. The number of carbonyl (C=O) groups is 2. The molecule has 0 unspecified atom stereocenters. The molecule has 1 saturated heterocycles. The van der Waals surface area contributed by atoms with Crippen LogP contribution in [0.25, 0.3) is 5.76 Å². The zero-order chi connectivity index (χ0) is 24.8. The molecule has 1 heterocycles. The SMILES string of the molecule is COc1ccc(OC)c([C@H]2C(=C(O)c3ccc([N+](=O)[O-])cc3)C(=O)C(=O)N2CCOCCO)c1. The van der Waals surface area contributed by atoms with E-state index in [0.717, 1.165) is 0 Å². The van der Waals surface area contributed by atoms with E-state index in [9.17, 15) is 24.8 Å². The fourth-order valence-corrected chi connectivity index (χ4v) is 3.71. The van der Waals surface area contributed by atoms with Crippen molar-refractivity contribution in [1.29, 1.82) is 0 Å². The molecule has 1 aliphatic heterocycles. The first-order valence-electron chi connectivity index (χ1n) is 10.3. The van der Waals surface area contributed by atoms with E-state index in [1.165, 1.54) is 43.4 Å². The van der Waals surface area contributed by atoms with Crippen LogP contribution < -0.4 is 9.47 Å². The lowest BCUT2D eigenvalue weighted by Gasteiger charge is -2.26. The van der Waals surface area contributed by atoms with Gasteiger partial charge in [-0.25, -0.2) is 0 Å². The number of carbonyl (C=O) groups excluding carboxylic acids is 2. The molecule has 11 heteroatoms. The van der Waals surface area contributed by atoms with Crippen LogP contribution in [0.1, 0.15) is 17.2 Å². The van der Waals surface area contributed by atoms with Crippen LogP contribution in [-0.2, 0) is 14.3 Å². The van der Waals surface area contributed by atoms with Crippen LogP contribution in [0.15, 0.2) is 48.0 Å². The van der Waals surface area contributed by atoms with Crippen LogP contribution in [0.3, 0.4) is 0 Å². The number of methoxy groups -OCH3 is 2. The average molecular weight is 472 g/mol. The van der Waals surface area contributed by atoms with E-state index >= 15 is 0 Å². The molecule has 0 aliphatic carbocycles. The van der Waals surface area contributed by atoms with Crippen molar-refractivity contribution in [3.63, 3.8) is 0 Å². The van der Waals surface area contributed by atoms with Crippen LogP contribution >= 0.6 is 0 Å². The largest absolute Gasteiger partial charge is 0.507 e. The van der Waals surface area contributed by atoms with Gasteiger partial charge in [-0.3, -0.25) is 19.7 Å². The lowest BCUT2D eigenvalue weighted by atomic mass is 9.94. The van der Waals surface area contributed by atoms with Crippen LogP contribution in [0, 0.1) is 10.1 Å². The molecule has 0 radical (unpaired) electrons. The number of nitro benzene ring substituents is 1. The van der Waals surface area contributed by atoms with E-state index in [4.69, 9.17) is 19.3 Å². The van der Waals surface area contributed by atoms with Gasteiger partial charge in [0.2, 0.25) is 0 Å². The van der Waals surface area contributed by atoms with Crippen molar-refractivity contribution in [2.75, 3.05) is 40.6 Å². The maximum absolute atomic E-state index is 13.1. The predicted molar refractivity (Wildman–Crippen MR) is 120 cm³/mol. The molecule has 1 aliphatic rings. The number of hydrogen-bond acceptors (Lipinski definition) is 9. The molecule has 180 valence electrons. The zero-order valence-corrected chi connectivity index (χ0v) is 18.6. The van der Waals surface area contributed by atoms with Gasteiger partial charge in [-0.05, 0) is 30.3 Å². The Morgan fingerprint density at radius 1 is 1.09 bits per heavy atom. The number of ketones is 1. The van der Waals surface area contributed by atoms with E-state index < -0.39 is 28.4 Å². The van der Waals surface area contributed by atoms with Crippen molar-refractivity contribution >= 4 is 23.1 Å². The van der Waals surface area contributed by atoms with Gasteiger partial charge in [-0.1, -0.05) is 0 Å². The first-order chi connectivity index (χ1) is 16.3. The number of ether oxygens (including phenoxy) is 3. The third kappa shape index (κ3) is 4.85. The number of benzene rings is 2. The molecule has 1 atom stereocenters. The van der Waals surface area contributed by atoms with Gasteiger partial charge in [0.05, 0.1) is 50.6 Å². The summed E-state index contributed by atoms with van der Waals surface area (Å²) in [4.78, 5) is 37.6. The fourth-order valence-electron chi connectivity index (χ4n) is 3.71. The summed E-state index contributed by atoms with van der Waals surface area (Å²) in [6, 6.07) is 8.79. The number of Topliss-reactive ketones (excluding diaryl/α,β-unsaturated/α-hetero) is 1. The lowest BCUT2D eigenvalue weighted by Crippen LogP contribution is -2.33. The Kier molecular flexibility index (Phi) is 7.82. The second kappa shape index (κ2) is 10.8. The minimum atomic E-state index is -1.04. The van der Waals surface area contributed by atoms with Crippen LogP contribution in [0.5, 0.6) is 11.5 Å². The number of nitro groups is 1. The molecular formula is C23H24N2O9. The maximum atomic E-state index is 13.1. The van der Waals surface area contributed by atoms with Gasteiger partial charge in [0.1, 0.15) is 17.3 Å². The lowest BCUT2D eigenvalue weighted by molar-refractivity contribution is -0.384. The summed E-state index contributed by atoms with van der Waals surface area (Å²) in [5.41, 5.74) is 0.135. The number of rotatable bonds is 10. The number of likely N-dealkylation sites (tertiary alicyclic amines) is 1. The molecule has 0 saturated carbocycles. The van der Waals surface area contributed by atoms with Gasteiger partial charge in [-0.2, -0.15) is 0 Å². The molecule has 1 amide bonds. The fraction of sp³-hybridized carbons (Fsp3) is 0.304. The minimum absolute atomic E-state index is 0.00730. The van der Waals surface area contributed by atoms with Gasteiger partial charge in [0.25, 0.3) is 17.4 Å². The molecule has 34 heavy (non-hydrogen) atoms. The highest BCUT2D eigenvalue weighted by Gasteiger charge is 2.47. The minimum Gasteiger partial charge on any atom is -0.507 e. The summed E-state index contributed by atoms with van der Waals surface area (Å²) in [6.45, 7) is -0.119.